The Morgan fingerprint density at radius 2 is 1.55 bits per heavy atom. The van der Waals surface area contributed by atoms with E-state index in [2.05, 4.69) is 20.8 Å². The molecule has 0 atom stereocenters. The van der Waals surface area contributed by atoms with Gasteiger partial charge in [-0.25, -0.2) is 0 Å². The van der Waals surface area contributed by atoms with Crippen LogP contribution < -0.4 is 0 Å². The highest BCUT2D eigenvalue weighted by Gasteiger charge is 2.18. The van der Waals surface area contributed by atoms with Gasteiger partial charge in [0, 0.05) is 0 Å². The molecule has 0 amide bonds. The predicted molar refractivity (Wildman–Crippen MR) is 56.0 cm³/mol. The summed E-state index contributed by atoms with van der Waals surface area (Å²) in [4.78, 5) is 0. The molecule has 0 bridgehead atoms. The molecule has 0 aliphatic heterocycles. The summed E-state index contributed by atoms with van der Waals surface area (Å²) in [5.41, 5.74) is 0. The van der Waals surface area contributed by atoms with Gasteiger partial charge in [-0.3, -0.25) is 0 Å². The quantitative estimate of drug-likeness (QED) is 0.424. The smallest absolute Gasteiger partial charge is 0.0801 e. The van der Waals surface area contributed by atoms with Gasteiger partial charge in [0.2, 0.25) is 16.3 Å². The van der Waals surface area contributed by atoms with Crippen molar-refractivity contribution in [2.75, 3.05) is 0 Å². The Morgan fingerprint density at radius 1 is 1.00 bits per heavy atom. The van der Waals surface area contributed by atoms with Crippen LogP contribution in [0.4, 0.5) is 0 Å². The fraction of sp³-hybridized carbons (Fsp3) is 1.00. The Kier molecular flexibility index (Phi) is 6.39. The molecule has 0 aliphatic rings. The van der Waals surface area contributed by atoms with Crippen LogP contribution in [0, 0.1) is 0 Å². The van der Waals surface area contributed by atoms with Gasteiger partial charge in [0.05, 0.1) is 0 Å². The average molecular weight is 170 g/mol. The molecule has 0 aromatic heterocycles. The fourth-order valence-electron chi connectivity index (χ4n) is 1.41. The second-order valence-electron chi connectivity index (χ2n) is 3.97. The van der Waals surface area contributed by atoms with E-state index in [4.69, 9.17) is 0 Å². The summed E-state index contributed by atoms with van der Waals surface area (Å²) in [6.45, 7) is 6.98. The summed E-state index contributed by atoms with van der Waals surface area (Å²) in [6.07, 6.45) is 8.55. The van der Waals surface area contributed by atoms with Crippen LogP contribution in [0.5, 0.6) is 0 Å². The van der Waals surface area contributed by atoms with Crippen LogP contribution >= 0.6 is 0 Å². The van der Waals surface area contributed by atoms with Crippen molar-refractivity contribution < 1.29 is 0 Å². The zero-order chi connectivity index (χ0) is 8.74. The van der Waals surface area contributed by atoms with E-state index in [1.54, 1.807) is 0 Å². The van der Waals surface area contributed by atoms with Crippen LogP contribution in [0.15, 0.2) is 0 Å². The molecule has 11 heavy (non-hydrogen) atoms. The van der Waals surface area contributed by atoms with E-state index < -0.39 is 0 Å². The first-order valence-corrected chi connectivity index (χ1v) is 6.18. The molecule has 0 radical (unpaired) electrons. The topological polar surface area (TPSA) is 0 Å². The lowest BCUT2D eigenvalue weighted by molar-refractivity contribution is 0.456. The molecule has 0 N–H and O–H groups in total. The molecule has 0 fully saturated rings. The van der Waals surface area contributed by atoms with Gasteiger partial charge in [0.25, 0.3) is 0 Å². The molecule has 1 heteroatoms. The van der Waals surface area contributed by atoms with Crippen LogP contribution in [0.25, 0.3) is 0 Å². The van der Waals surface area contributed by atoms with Gasteiger partial charge >= 0.3 is 0 Å². The molecule has 0 rings (SSSR count). The minimum Gasteiger partial charge on any atom is -0.0801 e. The minimum atomic E-state index is 0.773. The molecule has 0 nitrogen and oxygen atoms in total. The summed E-state index contributed by atoms with van der Waals surface area (Å²) in [7, 11) is 0. The molecule has 0 saturated heterocycles. The maximum absolute atomic E-state index is 2.35. The molecule has 0 aromatic carbocycles. The third-order valence-corrected chi connectivity index (χ3v) is 5.01. The summed E-state index contributed by atoms with van der Waals surface area (Å²) < 4.78 is 0.773. The lowest BCUT2D eigenvalue weighted by atomic mass is 9.94. The number of unbranched alkanes of at least 4 members (excludes halogenated alkanes) is 2. The van der Waals surface area contributed by atoms with E-state index in [0.29, 0.717) is 0 Å². The first-order chi connectivity index (χ1) is 5.18. The largest absolute Gasteiger partial charge is 0.221 e. The van der Waals surface area contributed by atoms with Crippen molar-refractivity contribution in [1.82, 2.24) is 0 Å². The van der Waals surface area contributed by atoms with Crippen molar-refractivity contribution in [3.63, 3.8) is 0 Å². The Labute approximate surface area is 80.2 Å². The van der Waals surface area contributed by atoms with Gasteiger partial charge in [-0.1, -0.05) is 63.6 Å². The van der Waals surface area contributed by atoms with Crippen molar-refractivity contribution in [2.45, 2.75) is 63.6 Å². The van der Waals surface area contributed by atoms with E-state index in [9.17, 15) is 0 Å². The molecule has 0 unspecified atom stereocenters. The van der Waals surface area contributed by atoms with Gasteiger partial charge in [-0.15, -0.1) is 0 Å². The van der Waals surface area contributed by atoms with Crippen molar-refractivity contribution in [3.8, 4) is 0 Å². The maximum Gasteiger partial charge on any atom is 0.221 e. The zero-order valence-electron chi connectivity index (χ0n) is 8.74. The van der Waals surface area contributed by atoms with Crippen molar-refractivity contribution in [3.05, 3.63) is 0 Å². The standard InChI is InChI=1S/C10H21.Al.2H/c1-4-7-8-9-10(5-2)6-3;;;/h4-9H2,1-3H3;;;. The third-order valence-electron chi connectivity index (χ3n) is 3.09. The van der Waals surface area contributed by atoms with E-state index in [0.717, 1.165) is 4.28 Å². The SMILES string of the molecule is CCCCC[C]([AlH2])(CC)CC. The van der Waals surface area contributed by atoms with Crippen LogP contribution in [0.3, 0.4) is 0 Å². The lowest BCUT2D eigenvalue weighted by Gasteiger charge is -2.26. The summed E-state index contributed by atoms with van der Waals surface area (Å²) >= 11 is 1.39. The molecule has 0 aliphatic carbocycles. The molecule has 0 saturated carbocycles. The number of hydrogen-bond donors (Lipinski definition) is 0. The third kappa shape index (κ3) is 4.88. The molecule has 0 heterocycles. The summed E-state index contributed by atoms with van der Waals surface area (Å²) in [5, 5.41) is 0. The Balaban J connectivity index is 3.51. The Hall–Kier alpha value is 0.532. The summed E-state index contributed by atoms with van der Waals surface area (Å²) in [6, 6.07) is 0. The molecular formula is C10H23Al. The fourth-order valence-corrected chi connectivity index (χ4v) is 1.76. The average Bonchev–Trinajstić information content (AvgIpc) is 2.05. The number of hydrogen-bond acceptors (Lipinski definition) is 0. The molecular weight excluding hydrogens is 147 g/mol. The van der Waals surface area contributed by atoms with Gasteiger partial charge in [-0.2, -0.15) is 0 Å². The van der Waals surface area contributed by atoms with Gasteiger partial charge in [-0.05, 0) is 0 Å². The van der Waals surface area contributed by atoms with Gasteiger partial charge < -0.3 is 0 Å². The first-order valence-electron chi connectivity index (χ1n) is 5.18. The molecule has 0 aromatic rings. The summed E-state index contributed by atoms with van der Waals surface area (Å²) in [5.74, 6) is 0. The van der Waals surface area contributed by atoms with Crippen LogP contribution in [0.2, 0.25) is 4.28 Å². The highest BCUT2D eigenvalue weighted by atomic mass is 27.0. The van der Waals surface area contributed by atoms with Crippen LogP contribution in [-0.4, -0.2) is 16.3 Å². The predicted octanol–water partition coefficient (Wildman–Crippen LogP) is 3.18. The lowest BCUT2D eigenvalue weighted by Crippen LogP contribution is -2.09. The second-order valence-corrected chi connectivity index (χ2v) is 6.10. The zero-order valence-corrected chi connectivity index (χ0v) is 10.7. The maximum atomic E-state index is 2.35. The normalized spacial score (nSPS) is 11.9. The number of rotatable bonds is 6. The van der Waals surface area contributed by atoms with E-state index in [-0.39, 0.29) is 0 Å². The van der Waals surface area contributed by atoms with Crippen LogP contribution in [-0.2, 0) is 0 Å². The van der Waals surface area contributed by atoms with E-state index >= 15 is 0 Å². The highest BCUT2D eigenvalue weighted by Crippen LogP contribution is 2.36. The second kappa shape index (κ2) is 6.09. The van der Waals surface area contributed by atoms with Gasteiger partial charge in [0.1, 0.15) is 0 Å². The first kappa shape index (κ1) is 11.5. The monoisotopic (exact) mass is 170 g/mol. The Morgan fingerprint density at radius 3 is 1.91 bits per heavy atom. The van der Waals surface area contributed by atoms with E-state index in [1.807, 2.05) is 0 Å². The van der Waals surface area contributed by atoms with E-state index in [1.165, 1.54) is 54.8 Å². The van der Waals surface area contributed by atoms with Crippen LogP contribution in [0.1, 0.15) is 59.3 Å². The van der Waals surface area contributed by atoms with Crippen molar-refractivity contribution in [2.24, 2.45) is 0 Å². The molecule has 66 valence electrons. The van der Waals surface area contributed by atoms with Gasteiger partial charge in [0.15, 0.2) is 0 Å². The minimum absolute atomic E-state index is 0.773. The Bertz CT molecular complexity index is 84.9. The van der Waals surface area contributed by atoms with Crippen molar-refractivity contribution >= 4 is 16.3 Å². The van der Waals surface area contributed by atoms with Crippen molar-refractivity contribution in [1.29, 1.82) is 0 Å². The molecule has 0 spiro atoms. The highest BCUT2D eigenvalue weighted by molar-refractivity contribution is 6.15.